The van der Waals surface area contributed by atoms with Gasteiger partial charge in [-0.3, -0.25) is 19.4 Å². The molecular formula is C46H62N9O6+. The Balaban J connectivity index is 1.19. The van der Waals surface area contributed by atoms with E-state index in [2.05, 4.69) is 48.0 Å². The van der Waals surface area contributed by atoms with E-state index < -0.39 is 23.7 Å². The molecule has 6 rings (SSSR count). The van der Waals surface area contributed by atoms with Crippen molar-refractivity contribution in [3.8, 4) is 11.4 Å². The standard InChI is InChI=1S/C46H61N9O6/c1-9-46(60)34-21-37-40-32(22-54(37)43(58)33(34)25-61-44(46)59)38(31-13-10-11-14-35(31)52-40)28(6)23-55(7,8)24-29-16-18-30(19-17-29)51-41(56)36(15-12-20-49-45(47)48)53-42(57)39(26(2)3)50-27(4)5/h10-11,13-14,16-19,21,26-28,36,39,50,60H,9,12,15,20,22-25H2,1-8H3,(H5-,47,48,49,51,53,56,57)/p+1/t28?,36-,39-,46-/m0/s1. The molecular weight excluding hydrogens is 775 g/mol. The molecule has 8 N–H and O–H groups in total. The van der Waals surface area contributed by atoms with Crippen LogP contribution in [0, 0.1) is 5.92 Å². The first-order valence-corrected chi connectivity index (χ1v) is 21.3. The molecule has 4 atom stereocenters. The Labute approximate surface area is 357 Å². The van der Waals surface area contributed by atoms with Crippen LogP contribution in [0.25, 0.3) is 22.3 Å². The van der Waals surface area contributed by atoms with Crippen LogP contribution in [0.4, 0.5) is 5.69 Å². The van der Waals surface area contributed by atoms with E-state index >= 15 is 0 Å². The van der Waals surface area contributed by atoms with Crippen molar-refractivity contribution in [3.63, 3.8) is 0 Å². The number of benzene rings is 2. The molecule has 1 unspecified atom stereocenters. The zero-order chi connectivity index (χ0) is 44.4. The number of nitrogens with one attached hydrogen (secondary N) is 3. The number of rotatable bonds is 17. The number of hydrogen-bond acceptors (Lipinski definition) is 9. The number of quaternary nitrogens is 1. The molecule has 0 aliphatic carbocycles. The fraction of sp³-hybridized carbons (Fsp3) is 0.478. The first-order valence-electron chi connectivity index (χ1n) is 21.3. The van der Waals surface area contributed by atoms with Gasteiger partial charge in [-0.25, -0.2) is 9.78 Å². The predicted octanol–water partition coefficient (Wildman–Crippen LogP) is 3.96. The number of esters is 1. The monoisotopic (exact) mass is 836 g/mol. The zero-order valence-corrected chi connectivity index (χ0v) is 36.7. The van der Waals surface area contributed by atoms with E-state index in [1.54, 1.807) is 17.6 Å². The number of aromatic nitrogens is 2. The number of guanidine groups is 1. The highest BCUT2D eigenvalue weighted by atomic mass is 16.6. The topological polar surface area (TPSA) is 216 Å². The van der Waals surface area contributed by atoms with Crippen LogP contribution in [-0.4, -0.2) is 88.2 Å². The Morgan fingerprint density at radius 1 is 1.02 bits per heavy atom. The Morgan fingerprint density at radius 2 is 1.72 bits per heavy atom. The Bertz CT molecular complexity index is 2390. The maximum Gasteiger partial charge on any atom is 0.343 e. The highest BCUT2D eigenvalue weighted by molar-refractivity contribution is 5.98. The van der Waals surface area contributed by atoms with E-state index in [0.717, 1.165) is 34.1 Å². The van der Waals surface area contributed by atoms with Gasteiger partial charge >= 0.3 is 5.97 Å². The van der Waals surface area contributed by atoms with Crippen molar-refractivity contribution < 1.29 is 28.7 Å². The lowest BCUT2D eigenvalue weighted by molar-refractivity contribution is -0.904. The highest BCUT2D eigenvalue weighted by Crippen LogP contribution is 2.42. The molecule has 2 amide bonds. The van der Waals surface area contributed by atoms with Gasteiger partial charge in [-0.1, -0.05) is 71.9 Å². The van der Waals surface area contributed by atoms with Gasteiger partial charge in [-0.2, -0.15) is 0 Å². The number of fused-ring (bicyclic) bond motifs is 5. The van der Waals surface area contributed by atoms with Gasteiger partial charge in [0.2, 0.25) is 11.8 Å². The first-order chi connectivity index (χ1) is 28.8. The summed E-state index contributed by atoms with van der Waals surface area (Å²) in [6.07, 6.45) is 0.920. The van der Waals surface area contributed by atoms with Gasteiger partial charge in [-0.15, -0.1) is 0 Å². The van der Waals surface area contributed by atoms with Crippen LogP contribution in [0.1, 0.15) is 94.5 Å². The molecule has 0 saturated heterocycles. The van der Waals surface area contributed by atoms with Crippen molar-refractivity contribution in [2.45, 2.75) is 110 Å². The van der Waals surface area contributed by atoms with E-state index in [1.807, 2.05) is 70.2 Å². The van der Waals surface area contributed by atoms with E-state index in [0.29, 0.717) is 65.2 Å². The van der Waals surface area contributed by atoms with Gasteiger partial charge in [0.05, 0.1) is 55.7 Å². The number of aliphatic hydroxyl groups is 1. The fourth-order valence-electron chi connectivity index (χ4n) is 8.90. The number of ether oxygens (including phenoxy) is 1. The smallest absolute Gasteiger partial charge is 0.343 e. The average molecular weight is 837 g/mol. The Morgan fingerprint density at radius 3 is 2.38 bits per heavy atom. The van der Waals surface area contributed by atoms with Crippen LogP contribution in [0.3, 0.4) is 0 Å². The molecule has 4 aromatic rings. The Hall–Kier alpha value is -5.64. The number of amides is 2. The number of nitrogens with two attached hydrogens (primary N) is 2. The van der Waals surface area contributed by atoms with Crippen LogP contribution in [0.5, 0.6) is 0 Å². The lowest BCUT2D eigenvalue weighted by Crippen LogP contribution is -2.54. The molecule has 61 heavy (non-hydrogen) atoms. The second kappa shape index (κ2) is 18.1. The third-order valence-electron chi connectivity index (χ3n) is 11.8. The summed E-state index contributed by atoms with van der Waals surface area (Å²) in [5.74, 6) is -1.29. The molecule has 2 aliphatic rings. The average Bonchev–Trinajstić information content (AvgIpc) is 3.56. The number of aliphatic imine (C=N–C) groups is 1. The van der Waals surface area contributed by atoms with Crippen molar-refractivity contribution in [2.75, 3.05) is 32.5 Å². The highest BCUT2D eigenvalue weighted by Gasteiger charge is 2.45. The summed E-state index contributed by atoms with van der Waals surface area (Å²) in [6.45, 7) is 13.7. The van der Waals surface area contributed by atoms with Gasteiger partial charge in [0.1, 0.15) is 19.2 Å². The quantitative estimate of drug-likeness (QED) is 0.0261. The van der Waals surface area contributed by atoms with E-state index in [9.17, 15) is 24.3 Å². The van der Waals surface area contributed by atoms with Crippen LogP contribution in [-0.2, 0) is 44.4 Å². The number of pyridine rings is 2. The molecule has 0 spiro atoms. The van der Waals surface area contributed by atoms with Gasteiger partial charge in [0.15, 0.2) is 11.6 Å². The molecule has 2 aliphatic heterocycles. The normalized spacial score (nSPS) is 17.3. The summed E-state index contributed by atoms with van der Waals surface area (Å²) in [7, 11) is 4.36. The van der Waals surface area contributed by atoms with Crippen molar-refractivity contribution in [2.24, 2.45) is 22.4 Å². The summed E-state index contributed by atoms with van der Waals surface area (Å²) < 4.78 is 7.61. The summed E-state index contributed by atoms with van der Waals surface area (Å²) in [5, 5.41) is 21.7. The number of carbonyl (C=O) groups is 3. The first kappa shape index (κ1) is 44.9. The minimum absolute atomic E-state index is 0.0125. The van der Waals surface area contributed by atoms with Crippen LogP contribution >= 0.6 is 0 Å². The minimum Gasteiger partial charge on any atom is -0.458 e. The second-order valence-electron chi connectivity index (χ2n) is 17.9. The van der Waals surface area contributed by atoms with Gasteiger partial charge < -0.3 is 46.3 Å². The maximum atomic E-state index is 14.0. The molecule has 2 aromatic heterocycles. The molecule has 0 bridgehead atoms. The molecule has 15 heteroatoms. The van der Waals surface area contributed by atoms with Crippen LogP contribution in [0.15, 0.2) is 64.4 Å². The SMILES string of the molecule is CC[C@@]1(O)C(=O)OCc2c1cc1n(c2=O)Cc2c-1nc1ccccc1c2C(C)C[N+](C)(C)Cc1ccc(NC(=O)[C@H](CCCN=C(N)N)NC(=O)[C@@H](NC(C)C)C(C)C)cc1. The summed E-state index contributed by atoms with van der Waals surface area (Å²) in [5.41, 5.74) is 15.2. The summed E-state index contributed by atoms with van der Waals surface area (Å²) in [4.78, 5) is 62.9. The van der Waals surface area contributed by atoms with Crippen molar-refractivity contribution in [3.05, 3.63) is 92.8 Å². The van der Waals surface area contributed by atoms with Crippen LogP contribution < -0.4 is 33.0 Å². The van der Waals surface area contributed by atoms with Gasteiger partial charge in [0, 0.05) is 46.3 Å². The van der Waals surface area contributed by atoms with Gasteiger partial charge in [0.25, 0.3) is 5.56 Å². The number of anilines is 1. The van der Waals surface area contributed by atoms with E-state index in [1.165, 1.54) is 0 Å². The number of para-hydroxylation sites is 1. The number of hydrogen-bond donors (Lipinski definition) is 6. The molecule has 4 heterocycles. The second-order valence-corrected chi connectivity index (χ2v) is 17.9. The molecule has 326 valence electrons. The maximum absolute atomic E-state index is 14.0. The molecule has 15 nitrogen and oxygen atoms in total. The molecule has 2 aromatic carbocycles. The molecule has 0 radical (unpaired) electrons. The summed E-state index contributed by atoms with van der Waals surface area (Å²) in [6, 6.07) is 16.3. The van der Waals surface area contributed by atoms with Crippen molar-refractivity contribution >= 4 is 40.3 Å². The predicted molar refractivity (Wildman–Crippen MR) is 237 cm³/mol. The third-order valence-corrected chi connectivity index (χ3v) is 11.8. The number of cyclic esters (lactones) is 1. The van der Waals surface area contributed by atoms with E-state index in [-0.39, 0.29) is 54.2 Å². The zero-order valence-electron chi connectivity index (χ0n) is 36.7. The number of nitrogens with zero attached hydrogens (tertiary/aromatic N) is 4. The molecule has 0 saturated carbocycles. The summed E-state index contributed by atoms with van der Waals surface area (Å²) >= 11 is 0. The van der Waals surface area contributed by atoms with E-state index in [4.69, 9.17) is 21.2 Å². The molecule has 0 fully saturated rings. The third kappa shape index (κ3) is 9.64. The Kier molecular flexibility index (Phi) is 13.4. The van der Waals surface area contributed by atoms with Crippen LogP contribution in [0.2, 0.25) is 0 Å². The number of carbonyl (C=O) groups excluding carboxylic acids is 3. The van der Waals surface area contributed by atoms with Crippen molar-refractivity contribution in [1.82, 2.24) is 20.2 Å². The largest absolute Gasteiger partial charge is 0.458 e. The lowest BCUT2D eigenvalue weighted by atomic mass is 9.85. The minimum atomic E-state index is -1.90. The fourth-order valence-corrected chi connectivity index (χ4v) is 8.90. The lowest BCUT2D eigenvalue weighted by Gasteiger charge is -2.33. The van der Waals surface area contributed by atoms with Crippen molar-refractivity contribution in [1.29, 1.82) is 0 Å². The van der Waals surface area contributed by atoms with Gasteiger partial charge in [-0.05, 0) is 55.0 Å². The number of likely N-dealkylation sites (N-methyl/N-ethyl adjacent to an activating group) is 1.